The first-order chi connectivity index (χ1) is 13.7. The number of rotatable bonds is 4. The first-order valence-corrected chi connectivity index (χ1v) is 8.94. The molecule has 0 spiro atoms. The largest absolute Gasteiger partial charge is 0.503 e. The Bertz CT molecular complexity index is 1140. The fourth-order valence-electron chi connectivity index (χ4n) is 3.13. The molecule has 0 aliphatic carbocycles. The van der Waals surface area contributed by atoms with Gasteiger partial charge in [0.25, 0.3) is 17.4 Å². The standard InChI is InChI=1S/C21H20N4O4/c1-6-24-18(26)14(12(3)16(11-22)20(24)28)9-8-10-15-13(4)17(23-5)21(29)25(7-2)19(15)27/h8-10,29H,6-7H2,1-4H3. The number of hydrogen-bond acceptors (Lipinski definition) is 5. The van der Waals surface area contributed by atoms with Crippen LogP contribution in [0.2, 0.25) is 0 Å². The van der Waals surface area contributed by atoms with E-state index in [2.05, 4.69) is 4.85 Å². The van der Waals surface area contributed by atoms with Crippen molar-refractivity contribution in [2.24, 2.45) is 0 Å². The van der Waals surface area contributed by atoms with Crippen LogP contribution in [0.15, 0.2) is 33.7 Å². The summed E-state index contributed by atoms with van der Waals surface area (Å²) in [5.41, 5.74) is 0.404. The Morgan fingerprint density at radius 1 is 1.17 bits per heavy atom. The lowest BCUT2D eigenvalue weighted by atomic mass is 9.95. The molecule has 0 aromatic carbocycles. The lowest BCUT2D eigenvalue weighted by Gasteiger charge is -2.25. The number of nitriles is 1. The van der Waals surface area contributed by atoms with Crippen LogP contribution in [0, 0.1) is 24.8 Å². The van der Waals surface area contributed by atoms with Crippen molar-refractivity contribution in [3.05, 3.63) is 61.8 Å². The van der Waals surface area contributed by atoms with Gasteiger partial charge in [0.15, 0.2) is 5.88 Å². The second-order valence-electron chi connectivity index (χ2n) is 6.28. The van der Waals surface area contributed by atoms with Crippen molar-refractivity contribution in [2.75, 3.05) is 6.54 Å². The molecule has 0 unspecified atom stereocenters. The van der Waals surface area contributed by atoms with E-state index < -0.39 is 17.4 Å². The van der Waals surface area contributed by atoms with Crippen LogP contribution in [0.25, 0.3) is 10.9 Å². The smallest absolute Gasteiger partial charge is 0.271 e. The Kier molecular flexibility index (Phi) is 6.20. The number of hydrogen-bond donors (Lipinski definition) is 1. The highest BCUT2D eigenvalue weighted by Gasteiger charge is 2.34. The summed E-state index contributed by atoms with van der Waals surface area (Å²) in [7, 11) is 0. The third-order valence-electron chi connectivity index (χ3n) is 4.80. The maximum atomic E-state index is 12.6. The molecule has 29 heavy (non-hydrogen) atoms. The highest BCUT2D eigenvalue weighted by molar-refractivity contribution is 6.18. The molecule has 1 N–H and O–H groups in total. The minimum atomic E-state index is -0.625. The number of nitrogens with zero attached hydrogens (tertiary/aromatic N) is 4. The maximum Gasteiger partial charge on any atom is 0.271 e. The van der Waals surface area contributed by atoms with Crippen molar-refractivity contribution in [1.29, 1.82) is 5.26 Å². The number of aromatic hydroxyl groups is 1. The number of aromatic nitrogens is 1. The molecule has 0 bridgehead atoms. The van der Waals surface area contributed by atoms with Gasteiger partial charge in [0.2, 0.25) is 5.69 Å². The van der Waals surface area contributed by atoms with E-state index >= 15 is 0 Å². The molecular formula is C21H20N4O4. The van der Waals surface area contributed by atoms with Gasteiger partial charge in [-0.2, -0.15) is 5.26 Å². The van der Waals surface area contributed by atoms with Gasteiger partial charge in [-0.1, -0.05) is 12.2 Å². The number of carbonyl (C=O) groups excluding carboxylic acids is 2. The first kappa shape index (κ1) is 21.4. The van der Waals surface area contributed by atoms with Gasteiger partial charge in [-0.15, -0.1) is 0 Å². The molecule has 0 saturated carbocycles. The van der Waals surface area contributed by atoms with E-state index in [0.29, 0.717) is 5.56 Å². The molecule has 0 saturated heterocycles. The van der Waals surface area contributed by atoms with Crippen molar-refractivity contribution in [3.8, 4) is 11.9 Å². The molecule has 0 fully saturated rings. The van der Waals surface area contributed by atoms with Crippen LogP contribution in [0.5, 0.6) is 5.88 Å². The van der Waals surface area contributed by atoms with E-state index in [9.17, 15) is 24.8 Å². The summed E-state index contributed by atoms with van der Waals surface area (Å²) in [6, 6.07) is 1.84. The van der Waals surface area contributed by atoms with Crippen molar-refractivity contribution in [2.45, 2.75) is 34.2 Å². The Balaban J connectivity index is 2.63. The minimum absolute atomic E-state index is 0.0157. The van der Waals surface area contributed by atoms with Crippen LogP contribution in [-0.4, -0.2) is 32.9 Å². The van der Waals surface area contributed by atoms with E-state index in [1.165, 1.54) is 25.2 Å². The number of amides is 2. The molecular weight excluding hydrogens is 372 g/mol. The molecule has 8 nitrogen and oxygen atoms in total. The van der Waals surface area contributed by atoms with Crippen LogP contribution in [0.1, 0.15) is 31.9 Å². The fourth-order valence-corrected chi connectivity index (χ4v) is 3.13. The zero-order valence-corrected chi connectivity index (χ0v) is 16.6. The number of likely N-dealkylation sites (N-methyl/N-ethyl adjacent to an activating group) is 1. The van der Waals surface area contributed by atoms with E-state index in [-0.39, 0.29) is 46.9 Å². The summed E-state index contributed by atoms with van der Waals surface area (Å²) < 4.78 is 1.09. The van der Waals surface area contributed by atoms with Crippen LogP contribution in [0.3, 0.4) is 0 Å². The van der Waals surface area contributed by atoms with Crippen LogP contribution in [0.4, 0.5) is 5.69 Å². The van der Waals surface area contributed by atoms with Crippen LogP contribution >= 0.6 is 0 Å². The second kappa shape index (κ2) is 8.41. The summed E-state index contributed by atoms with van der Waals surface area (Å²) in [5.74, 6) is -1.52. The van der Waals surface area contributed by atoms with Gasteiger partial charge in [0.1, 0.15) is 11.6 Å². The number of carbonyl (C=O) groups is 2. The fraction of sp³-hybridized carbons (Fsp3) is 0.286. The lowest BCUT2D eigenvalue weighted by Crippen LogP contribution is -2.42. The Morgan fingerprint density at radius 2 is 1.83 bits per heavy atom. The van der Waals surface area contributed by atoms with Crippen molar-refractivity contribution in [1.82, 2.24) is 9.47 Å². The van der Waals surface area contributed by atoms with E-state index in [1.54, 1.807) is 20.8 Å². The SMILES string of the molecule is [C-]#[N+]c1c(C)c(C=CC=C2C(=O)N(CC)C(=O)C(C#N)=C2C)c(=O)n(CC)c1O. The lowest BCUT2D eigenvalue weighted by molar-refractivity contribution is -0.140. The summed E-state index contributed by atoms with van der Waals surface area (Å²) in [4.78, 5) is 41.7. The maximum absolute atomic E-state index is 12.6. The molecule has 1 aromatic rings. The van der Waals surface area contributed by atoms with Gasteiger partial charge in [-0.05, 0) is 44.9 Å². The van der Waals surface area contributed by atoms with E-state index in [0.717, 1.165) is 9.47 Å². The van der Waals surface area contributed by atoms with Crippen LogP contribution < -0.4 is 5.56 Å². The zero-order chi connectivity index (χ0) is 21.9. The van der Waals surface area contributed by atoms with Gasteiger partial charge in [-0.25, -0.2) is 4.85 Å². The Labute approximate surface area is 168 Å². The molecule has 1 aliphatic rings. The van der Waals surface area contributed by atoms with Gasteiger partial charge in [0.05, 0.1) is 6.57 Å². The molecule has 2 rings (SSSR count). The average molecular weight is 392 g/mol. The molecule has 0 atom stereocenters. The van der Waals surface area contributed by atoms with E-state index in [4.69, 9.17) is 6.57 Å². The van der Waals surface area contributed by atoms with E-state index in [1.807, 2.05) is 6.07 Å². The molecule has 0 radical (unpaired) electrons. The number of allylic oxidation sites excluding steroid dienone is 2. The molecule has 148 valence electrons. The van der Waals surface area contributed by atoms with Crippen molar-refractivity contribution >= 4 is 23.6 Å². The van der Waals surface area contributed by atoms with Crippen molar-refractivity contribution in [3.63, 3.8) is 0 Å². The van der Waals surface area contributed by atoms with Gasteiger partial charge < -0.3 is 5.11 Å². The number of pyridine rings is 1. The third kappa shape index (κ3) is 3.48. The number of imide groups is 1. The Hall–Kier alpha value is -3.91. The predicted octanol–water partition coefficient (Wildman–Crippen LogP) is 2.60. The summed E-state index contributed by atoms with van der Waals surface area (Å²) in [6.45, 7) is 14.0. The third-order valence-corrected chi connectivity index (χ3v) is 4.80. The molecule has 2 heterocycles. The Morgan fingerprint density at radius 3 is 2.34 bits per heavy atom. The summed E-state index contributed by atoms with van der Waals surface area (Å²) >= 11 is 0. The van der Waals surface area contributed by atoms with Crippen LogP contribution in [-0.2, 0) is 16.1 Å². The molecule has 1 aliphatic heterocycles. The average Bonchev–Trinajstić information content (AvgIpc) is 2.68. The highest BCUT2D eigenvalue weighted by atomic mass is 16.3. The first-order valence-electron chi connectivity index (χ1n) is 8.94. The molecule has 1 aromatic heterocycles. The van der Waals surface area contributed by atoms with Gasteiger partial charge in [-0.3, -0.25) is 23.9 Å². The normalized spacial score (nSPS) is 15.9. The topological polar surface area (TPSA) is 108 Å². The second-order valence-corrected chi connectivity index (χ2v) is 6.28. The quantitative estimate of drug-likeness (QED) is 0.481. The zero-order valence-electron chi connectivity index (χ0n) is 16.6. The van der Waals surface area contributed by atoms with Gasteiger partial charge in [0, 0.05) is 24.2 Å². The summed E-state index contributed by atoms with van der Waals surface area (Å²) in [6.07, 6.45) is 4.35. The molecule has 2 amide bonds. The minimum Gasteiger partial charge on any atom is -0.503 e. The highest BCUT2D eigenvalue weighted by Crippen LogP contribution is 2.31. The van der Waals surface area contributed by atoms with Gasteiger partial charge >= 0.3 is 0 Å². The molecule has 8 heteroatoms. The summed E-state index contributed by atoms with van der Waals surface area (Å²) in [5, 5.41) is 19.4. The predicted molar refractivity (Wildman–Crippen MR) is 107 cm³/mol. The van der Waals surface area contributed by atoms with Crippen molar-refractivity contribution < 1.29 is 14.7 Å². The monoisotopic (exact) mass is 392 g/mol.